The average Bonchev–Trinajstić information content (AvgIpc) is 2.29. The minimum atomic E-state index is -0.416. The Bertz CT molecular complexity index is 415. The number of aromatic nitrogens is 1. The van der Waals surface area contributed by atoms with Crippen molar-refractivity contribution in [2.75, 3.05) is 19.0 Å². The Labute approximate surface area is 86.7 Å². The topological polar surface area (TPSA) is 60.5 Å². The monoisotopic (exact) mass is 206 g/mol. The lowest BCUT2D eigenvalue weighted by molar-refractivity contribution is -0.134. The van der Waals surface area contributed by atoms with Crippen LogP contribution in [0.4, 0.5) is 5.82 Å². The third-order valence-electron chi connectivity index (χ3n) is 1.93. The first kappa shape index (κ1) is 9.51. The molecule has 0 amide bonds. The molecular weight excluding hydrogens is 196 g/mol. The van der Waals surface area contributed by atoms with E-state index in [-0.39, 0.29) is 0 Å². The number of nitrogens with one attached hydrogen (secondary N) is 1. The van der Waals surface area contributed by atoms with Crippen LogP contribution in [0.25, 0.3) is 0 Å². The maximum Gasteiger partial charge on any atom is 0.332 e. The highest BCUT2D eigenvalue weighted by Gasteiger charge is 2.14. The van der Waals surface area contributed by atoms with Crippen LogP contribution in [0.1, 0.15) is 0 Å². The van der Waals surface area contributed by atoms with Crippen molar-refractivity contribution in [2.45, 2.75) is 0 Å². The molecule has 5 nitrogen and oxygen atoms in total. The van der Waals surface area contributed by atoms with Gasteiger partial charge in [-0.1, -0.05) is 0 Å². The largest absolute Gasteiger partial charge is 0.483 e. The molecule has 0 unspecified atom stereocenters. The van der Waals surface area contributed by atoms with E-state index < -0.39 is 5.97 Å². The van der Waals surface area contributed by atoms with Crippen LogP contribution in [-0.2, 0) is 9.53 Å². The van der Waals surface area contributed by atoms with Gasteiger partial charge in [0.2, 0.25) is 0 Å². The molecular formula is C10H10N2O3. The van der Waals surface area contributed by atoms with Gasteiger partial charge in [-0.2, -0.15) is 0 Å². The number of fused-ring (bicyclic) bond motifs is 1. The molecule has 0 aromatic carbocycles. The molecule has 1 aliphatic heterocycles. The molecule has 2 rings (SSSR count). The summed E-state index contributed by atoms with van der Waals surface area (Å²) in [6, 6.07) is 3.60. The van der Waals surface area contributed by atoms with Crippen LogP contribution in [0.15, 0.2) is 30.1 Å². The first-order valence-electron chi connectivity index (χ1n) is 4.43. The smallest absolute Gasteiger partial charge is 0.332 e. The summed E-state index contributed by atoms with van der Waals surface area (Å²) in [6.45, 7) is 0.313. The van der Waals surface area contributed by atoms with E-state index in [0.717, 1.165) is 0 Å². The third kappa shape index (κ3) is 2.07. The van der Waals surface area contributed by atoms with E-state index in [4.69, 9.17) is 4.74 Å². The maximum atomic E-state index is 11.0. The Balaban J connectivity index is 2.19. The highest BCUT2D eigenvalue weighted by molar-refractivity contribution is 5.83. The van der Waals surface area contributed by atoms with Crippen molar-refractivity contribution in [3.63, 3.8) is 0 Å². The van der Waals surface area contributed by atoms with Crippen molar-refractivity contribution in [1.82, 2.24) is 4.98 Å². The molecule has 0 atom stereocenters. The lowest BCUT2D eigenvalue weighted by Gasteiger charge is -2.19. The van der Waals surface area contributed by atoms with Gasteiger partial charge in [0, 0.05) is 12.3 Å². The molecule has 0 fully saturated rings. The molecule has 1 aromatic rings. The summed E-state index contributed by atoms with van der Waals surface area (Å²) in [6.07, 6.45) is 2.99. The van der Waals surface area contributed by atoms with Gasteiger partial charge in [0.15, 0.2) is 11.6 Å². The van der Waals surface area contributed by atoms with Gasteiger partial charge in [0.05, 0.1) is 12.8 Å². The first-order valence-corrected chi connectivity index (χ1v) is 4.43. The quantitative estimate of drug-likeness (QED) is 0.547. The second-order valence-electron chi connectivity index (χ2n) is 2.96. The predicted octanol–water partition coefficient (Wildman–Crippen LogP) is 0.943. The summed E-state index contributed by atoms with van der Waals surface area (Å²) in [5.41, 5.74) is 0.632. The minimum absolute atomic E-state index is 0.313. The molecule has 0 saturated carbocycles. The number of carbonyl (C=O) groups excluding carboxylic acids is 1. The van der Waals surface area contributed by atoms with E-state index in [0.29, 0.717) is 23.9 Å². The van der Waals surface area contributed by atoms with Crippen LogP contribution in [0, 0.1) is 0 Å². The summed E-state index contributed by atoms with van der Waals surface area (Å²) in [4.78, 5) is 15.1. The SMILES string of the molecule is COC(=O)/C=C1/COc2cccnc2N1. The first-order chi connectivity index (χ1) is 7.29. The van der Waals surface area contributed by atoms with Crippen molar-refractivity contribution in [1.29, 1.82) is 0 Å². The van der Waals surface area contributed by atoms with Crippen molar-refractivity contribution in [3.05, 3.63) is 30.1 Å². The zero-order valence-electron chi connectivity index (χ0n) is 8.19. The molecule has 15 heavy (non-hydrogen) atoms. The van der Waals surface area contributed by atoms with Gasteiger partial charge in [0.1, 0.15) is 6.61 Å². The van der Waals surface area contributed by atoms with Crippen LogP contribution >= 0.6 is 0 Å². The Morgan fingerprint density at radius 3 is 3.40 bits per heavy atom. The number of esters is 1. The second-order valence-corrected chi connectivity index (χ2v) is 2.96. The Morgan fingerprint density at radius 1 is 1.73 bits per heavy atom. The summed E-state index contributed by atoms with van der Waals surface area (Å²) in [5.74, 6) is 0.874. The summed E-state index contributed by atoms with van der Waals surface area (Å²) >= 11 is 0. The van der Waals surface area contributed by atoms with Crippen molar-refractivity contribution < 1.29 is 14.3 Å². The van der Waals surface area contributed by atoms with Crippen molar-refractivity contribution >= 4 is 11.8 Å². The lowest BCUT2D eigenvalue weighted by atomic mass is 10.3. The van der Waals surface area contributed by atoms with Crippen LogP contribution < -0.4 is 10.1 Å². The summed E-state index contributed by atoms with van der Waals surface area (Å²) in [5, 5.41) is 2.99. The fourth-order valence-electron chi connectivity index (χ4n) is 1.22. The number of rotatable bonds is 1. The molecule has 1 aliphatic rings. The Hall–Kier alpha value is -2.04. The molecule has 2 heterocycles. The fourth-order valence-corrected chi connectivity index (χ4v) is 1.22. The Kier molecular flexibility index (Phi) is 2.53. The molecule has 5 heteroatoms. The molecule has 1 N–H and O–H groups in total. The zero-order chi connectivity index (χ0) is 10.7. The number of hydrogen-bond acceptors (Lipinski definition) is 5. The standard InChI is InChI=1S/C10H10N2O3/c1-14-9(13)5-7-6-15-8-3-2-4-11-10(8)12-7/h2-5H,6H2,1H3,(H,11,12)/b7-5-. The van der Waals surface area contributed by atoms with Crippen LogP contribution in [0.3, 0.4) is 0 Å². The van der Waals surface area contributed by atoms with Gasteiger partial charge >= 0.3 is 5.97 Å². The van der Waals surface area contributed by atoms with E-state index in [2.05, 4.69) is 15.0 Å². The minimum Gasteiger partial charge on any atom is -0.483 e. The number of hydrogen-bond donors (Lipinski definition) is 1. The molecule has 0 spiro atoms. The van der Waals surface area contributed by atoms with E-state index in [1.165, 1.54) is 13.2 Å². The molecule has 78 valence electrons. The molecule has 0 bridgehead atoms. The highest BCUT2D eigenvalue weighted by atomic mass is 16.5. The summed E-state index contributed by atoms with van der Waals surface area (Å²) < 4.78 is 9.89. The van der Waals surface area contributed by atoms with Crippen molar-refractivity contribution in [2.24, 2.45) is 0 Å². The number of nitrogens with zero attached hydrogens (tertiary/aromatic N) is 1. The van der Waals surface area contributed by atoms with E-state index in [1.54, 1.807) is 12.3 Å². The van der Waals surface area contributed by atoms with E-state index in [1.807, 2.05) is 6.07 Å². The fraction of sp³-hybridized carbons (Fsp3) is 0.200. The Morgan fingerprint density at radius 2 is 2.60 bits per heavy atom. The highest BCUT2D eigenvalue weighted by Crippen LogP contribution is 2.26. The number of carbonyl (C=O) groups is 1. The van der Waals surface area contributed by atoms with Gasteiger partial charge in [0.25, 0.3) is 0 Å². The van der Waals surface area contributed by atoms with Crippen LogP contribution in [0.5, 0.6) is 5.75 Å². The molecule has 0 radical (unpaired) electrons. The van der Waals surface area contributed by atoms with Gasteiger partial charge < -0.3 is 14.8 Å². The predicted molar refractivity (Wildman–Crippen MR) is 53.5 cm³/mol. The summed E-state index contributed by atoms with van der Waals surface area (Å²) in [7, 11) is 1.33. The van der Waals surface area contributed by atoms with E-state index in [9.17, 15) is 4.79 Å². The van der Waals surface area contributed by atoms with E-state index >= 15 is 0 Å². The third-order valence-corrected chi connectivity index (χ3v) is 1.93. The van der Waals surface area contributed by atoms with Crippen molar-refractivity contribution in [3.8, 4) is 5.75 Å². The average molecular weight is 206 g/mol. The lowest BCUT2D eigenvalue weighted by Crippen LogP contribution is -2.18. The number of pyridine rings is 1. The number of anilines is 1. The number of methoxy groups -OCH3 is 1. The van der Waals surface area contributed by atoms with Gasteiger partial charge in [-0.05, 0) is 12.1 Å². The van der Waals surface area contributed by atoms with Crippen LogP contribution in [-0.4, -0.2) is 24.7 Å². The van der Waals surface area contributed by atoms with Gasteiger partial charge in [-0.3, -0.25) is 0 Å². The van der Waals surface area contributed by atoms with Gasteiger partial charge in [-0.25, -0.2) is 9.78 Å². The maximum absolute atomic E-state index is 11.0. The van der Waals surface area contributed by atoms with Gasteiger partial charge in [-0.15, -0.1) is 0 Å². The van der Waals surface area contributed by atoms with Crippen LogP contribution in [0.2, 0.25) is 0 Å². The molecule has 1 aromatic heterocycles. The molecule has 0 aliphatic carbocycles. The zero-order valence-corrected chi connectivity index (χ0v) is 8.19. The number of ether oxygens (including phenoxy) is 2. The second kappa shape index (κ2) is 4.00. The molecule has 0 saturated heterocycles. The normalized spacial score (nSPS) is 16.2.